The molecule has 1 aromatic heterocycles. The number of rotatable bonds is 4. The van der Waals surface area contributed by atoms with Crippen molar-refractivity contribution in [3.8, 4) is 11.3 Å². The van der Waals surface area contributed by atoms with Crippen molar-refractivity contribution >= 4 is 5.91 Å². The number of hydrogen-bond donors (Lipinski definition) is 0. The Morgan fingerprint density at radius 2 is 2.09 bits per heavy atom. The van der Waals surface area contributed by atoms with Gasteiger partial charge in [0.25, 0.3) is 0 Å². The minimum atomic E-state index is -0.0163. The topological polar surface area (TPSA) is 46.3 Å². The molecule has 1 saturated heterocycles. The van der Waals surface area contributed by atoms with Gasteiger partial charge in [0.15, 0.2) is 0 Å². The molecule has 4 nitrogen and oxygen atoms in total. The average molecular weight is 312 g/mol. The van der Waals surface area contributed by atoms with Gasteiger partial charge in [-0.25, -0.2) is 4.98 Å². The number of aromatic nitrogens is 1. The van der Waals surface area contributed by atoms with E-state index in [4.69, 9.17) is 9.40 Å². The number of oxazole rings is 1. The molecule has 1 aliphatic rings. The van der Waals surface area contributed by atoms with Crippen LogP contribution in [0.4, 0.5) is 0 Å². The summed E-state index contributed by atoms with van der Waals surface area (Å²) in [5, 5.41) is 0. The highest BCUT2D eigenvalue weighted by atomic mass is 16.4. The molecule has 0 aliphatic carbocycles. The van der Waals surface area contributed by atoms with Gasteiger partial charge in [0.2, 0.25) is 11.8 Å². The second-order valence-electron chi connectivity index (χ2n) is 6.38. The third-order valence-corrected chi connectivity index (χ3v) is 4.40. The first kappa shape index (κ1) is 15.8. The fraction of sp³-hybridized carbons (Fsp3) is 0.474. The van der Waals surface area contributed by atoms with Crippen LogP contribution in [0.25, 0.3) is 11.3 Å². The number of carbonyl (C=O) groups excluding carboxylic acids is 1. The summed E-state index contributed by atoms with van der Waals surface area (Å²) in [5.74, 6) is 2.02. The molecule has 3 rings (SSSR count). The fourth-order valence-electron chi connectivity index (χ4n) is 3.21. The normalized spacial score (nSPS) is 17.9. The average Bonchev–Trinajstić information content (AvgIpc) is 3.21. The molecule has 1 fully saturated rings. The molecule has 1 aliphatic heterocycles. The molecule has 4 heteroatoms. The minimum absolute atomic E-state index is 0.0163. The van der Waals surface area contributed by atoms with Gasteiger partial charge < -0.3 is 9.32 Å². The monoisotopic (exact) mass is 312 g/mol. The number of likely N-dealkylation sites (tertiary alicyclic amines) is 1. The zero-order valence-electron chi connectivity index (χ0n) is 14.1. The van der Waals surface area contributed by atoms with E-state index in [2.05, 4.69) is 26.0 Å². The third-order valence-electron chi connectivity index (χ3n) is 4.40. The molecule has 1 amide bonds. The highest BCUT2D eigenvalue weighted by molar-refractivity contribution is 5.76. The minimum Gasteiger partial charge on any atom is -0.442 e. The molecule has 23 heavy (non-hydrogen) atoms. The van der Waals surface area contributed by atoms with Gasteiger partial charge in [-0.2, -0.15) is 0 Å². The summed E-state index contributed by atoms with van der Waals surface area (Å²) >= 11 is 0. The summed E-state index contributed by atoms with van der Waals surface area (Å²) in [4.78, 5) is 18.9. The molecule has 1 atom stereocenters. The predicted octanol–water partition coefficient (Wildman–Crippen LogP) is 4.54. The van der Waals surface area contributed by atoms with Crippen molar-refractivity contribution in [2.45, 2.75) is 52.0 Å². The van der Waals surface area contributed by atoms with Crippen molar-refractivity contribution in [2.75, 3.05) is 6.54 Å². The molecule has 2 aromatic rings. The third kappa shape index (κ3) is 3.03. The Balaban J connectivity index is 2.00. The van der Waals surface area contributed by atoms with Crippen LogP contribution in [0.1, 0.15) is 63.6 Å². The lowest BCUT2D eigenvalue weighted by atomic mass is 10.0. The highest BCUT2D eigenvalue weighted by Gasteiger charge is 2.33. The van der Waals surface area contributed by atoms with Crippen molar-refractivity contribution in [1.29, 1.82) is 0 Å². The summed E-state index contributed by atoms with van der Waals surface area (Å²) in [7, 11) is 0. The second kappa shape index (κ2) is 6.57. The van der Waals surface area contributed by atoms with Gasteiger partial charge in [-0.1, -0.05) is 51.1 Å². The molecule has 0 unspecified atom stereocenters. The second-order valence-corrected chi connectivity index (χ2v) is 6.38. The smallest absolute Gasteiger partial charge is 0.222 e. The van der Waals surface area contributed by atoms with Gasteiger partial charge >= 0.3 is 0 Å². The fourth-order valence-corrected chi connectivity index (χ4v) is 3.21. The number of amides is 1. The SMILES string of the molecule is CCC(=O)N1CCC[C@H]1c1nc(-c2ccccc2)c(C(C)C)o1. The molecule has 122 valence electrons. The maximum Gasteiger partial charge on any atom is 0.222 e. The van der Waals surface area contributed by atoms with Crippen LogP contribution in [0.15, 0.2) is 34.7 Å². The van der Waals surface area contributed by atoms with Crippen LogP contribution in [0.5, 0.6) is 0 Å². The molecule has 0 radical (unpaired) electrons. The van der Waals surface area contributed by atoms with E-state index in [0.717, 1.165) is 36.4 Å². The van der Waals surface area contributed by atoms with Gasteiger partial charge in [-0.05, 0) is 12.8 Å². The molecule has 0 saturated carbocycles. The van der Waals surface area contributed by atoms with E-state index in [1.54, 1.807) is 0 Å². The van der Waals surface area contributed by atoms with Crippen LogP contribution < -0.4 is 0 Å². The van der Waals surface area contributed by atoms with Crippen LogP contribution in [0.3, 0.4) is 0 Å². The Morgan fingerprint density at radius 1 is 1.35 bits per heavy atom. The summed E-state index contributed by atoms with van der Waals surface area (Å²) in [6, 6.07) is 10.1. The van der Waals surface area contributed by atoms with E-state index in [9.17, 15) is 4.79 Å². The van der Waals surface area contributed by atoms with E-state index in [0.29, 0.717) is 12.3 Å². The highest BCUT2D eigenvalue weighted by Crippen LogP contribution is 2.37. The molecular formula is C19H24N2O2. The quantitative estimate of drug-likeness (QED) is 0.832. The van der Waals surface area contributed by atoms with Crippen LogP contribution in [0, 0.1) is 0 Å². The van der Waals surface area contributed by atoms with Crippen molar-refractivity contribution in [2.24, 2.45) is 0 Å². The van der Waals surface area contributed by atoms with Crippen molar-refractivity contribution < 1.29 is 9.21 Å². The lowest BCUT2D eigenvalue weighted by molar-refractivity contribution is -0.132. The van der Waals surface area contributed by atoms with Crippen molar-refractivity contribution in [1.82, 2.24) is 9.88 Å². The maximum atomic E-state index is 12.1. The van der Waals surface area contributed by atoms with Crippen molar-refractivity contribution in [3.63, 3.8) is 0 Å². The molecule has 1 aromatic carbocycles. The first-order chi connectivity index (χ1) is 11.1. The molecular weight excluding hydrogens is 288 g/mol. The number of benzene rings is 1. The first-order valence-corrected chi connectivity index (χ1v) is 8.47. The Bertz CT molecular complexity index is 676. The van der Waals surface area contributed by atoms with Crippen LogP contribution in [0.2, 0.25) is 0 Å². The standard InChI is InChI=1S/C19H24N2O2/c1-4-16(22)21-12-8-11-15(21)19-20-17(18(23-19)13(2)3)14-9-6-5-7-10-14/h5-7,9-10,13,15H,4,8,11-12H2,1-3H3/t15-/m0/s1. The number of hydrogen-bond acceptors (Lipinski definition) is 3. The van der Waals surface area contributed by atoms with E-state index in [-0.39, 0.29) is 17.9 Å². The summed E-state index contributed by atoms with van der Waals surface area (Å²) in [6.07, 6.45) is 2.47. The van der Waals surface area contributed by atoms with E-state index < -0.39 is 0 Å². The largest absolute Gasteiger partial charge is 0.442 e. The van der Waals surface area contributed by atoms with Gasteiger partial charge in [0, 0.05) is 24.4 Å². The number of nitrogens with zero attached hydrogens (tertiary/aromatic N) is 2. The zero-order chi connectivity index (χ0) is 16.4. The number of carbonyl (C=O) groups is 1. The van der Waals surface area contributed by atoms with Gasteiger partial charge in [-0.15, -0.1) is 0 Å². The maximum absolute atomic E-state index is 12.1. The van der Waals surface area contributed by atoms with Crippen LogP contribution in [-0.4, -0.2) is 22.3 Å². The lowest BCUT2D eigenvalue weighted by Crippen LogP contribution is -2.29. The first-order valence-electron chi connectivity index (χ1n) is 8.47. The van der Waals surface area contributed by atoms with Crippen molar-refractivity contribution in [3.05, 3.63) is 42.0 Å². The molecule has 0 N–H and O–H groups in total. The van der Waals surface area contributed by atoms with Gasteiger partial charge in [0.1, 0.15) is 17.5 Å². The molecule has 2 heterocycles. The van der Waals surface area contributed by atoms with E-state index >= 15 is 0 Å². The van der Waals surface area contributed by atoms with Gasteiger partial charge in [0.05, 0.1) is 0 Å². The summed E-state index contributed by atoms with van der Waals surface area (Å²) < 4.78 is 6.13. The van der Waals surface area contributed by atoms with Gasteiger partial charge in [-0.3, -0.25) is 4.79 Å². The predicted molar refractivity (Wildman–Crippen MR) is 90.0 cm³/mol. The molecule has 0 bridgehead atoms. The summed E-state index contributed by atoms with van der Waals surface area (Å²) in [6.45, 7) is 6.93. The van der Waals surface area contributed by atoms with Crippen LogP contribution in [-0.2, 0) is 4.79 Å². The van der Waals surface area contributed by atoms with E-state index in [1.165, 1.54) is 0 Å². The Labute approximate surface area is 137 Å². The Kier molecular flexibility index (Phi) is 4.51. The zero-order valence-corrected chi connectivity index (χ0v) is 14.1. The Hall–Kier alpha value is -2.10. The summed E-state index contributed by atoms with van der Waals surface area (Å²) in [5.41, 5.74) is 1.98. The lowest BCUT2D eigenvalue weighted by Gasteiger charge is -2.21. The van der Waals surface area contributed by atoms with E-state index in [1.807, 2.05) is 30.0 Å². The molecule has 0 spiro atoms. The Morgan fingerprint density at radius 3 is 2.74 bits per heavy atom. The van der Waals surface area contributed by atoms with Crippen LogP contribution >= 0.6 is 0 Å².